The number of hydrogen-bond donors (Lipinski definition) is 3. The van der Waals surface area contributed by atoms with E-state index in [4.69, 9.17) is 9.47 Å². The number of hydrazine groups is 1. The summed E-state index contributed by atoms with van der Waals surface area (Å²) in [6, 6.07) is 5.87. The smallest absolute Gasteiger partial charge is 0.238 e. The van der Waals surface area contributed by atoms with Gasteiger partial charge in [0.2, 0.25) is 12.7 Å². The van der Waals surface area contributed by atoms with Crippen molar-refractivity contribution in [3.05, 3.63) is 23.8 Å². The number of benzene rings is 1. The van der Waals surface area contributed by atoms with Crippen LogP contribution in [0.15, 0.2) is 18.2 Å². The van der Waals surface area contributed by atoms with Crippen molar-refractivity contribution in [3.63, 3.8) is 0 Å². The van der Waals surface area contributed by atoms with E-state index >= 15 is 0 Å². The average molecular weight is 291 g/mol. The van der Waals surface area contributed by atoms with Gasteiger partial charge in [0, 0.05) is 12.6 Å². The Balaban J connectivity index is 1.52. The fourth-order valence-electron chi connectivity index (χ4n) is 2.55. The van der Waals surface area contributed by atoms with Crippen molar-refractivity contribution in [1.29, 1.82) is 0 Å². The Hall–Kier alpha value is -1.79. The molecule has 21 heavy (non-hydrogen) atoms. The SMILES string of the molecule is CC(C)C1CC(C(=O)NCc2ccc3c(c2)OCO3)NN1. The van der Waals surface area contributed by atoms with Gasteiger partial charge in [-0.05, 0) is 30.0 Å². The summed E-state index contributed by atoms with van der Waals surface area (Å²) < 4.78 is 10.6. The summed E-state index contributed by atoms with van der Waals surface area (Å²) in [6.45, 7) is 5.04. The maximum absolute atomic E-state index is 12.2. The number of ether oxygens (including phenoxy) is 2. The minimum Gasteiger partial charge on any atom is -0.454 e. The zero-order valence-corrected chi connectivity index (χ0v) is 12.3. The topological polar surface area (TPSA) is 71.6 Å². The third kappa shape index (κ3) is 3.11. The molecular formula is C15H21N3O3. The van der Waals surface area contributed by atoms with Gasteiger partial charge in [0.1, 0.15) is 6.04 Å². The molecule has 1 fully saturated rings. The second-order valence-corrected chi connectivity index (χ2v) is 5.83. The number of hydrogen-bond acceptors (Lipinski definition) is 5. The highest BCUT2D eigenvalue weighted by Gasteiger charge is 2.30. The van der Waals surface area contributed by atoms with Crippen LogP contribution in [0.3, 0.4) is 0 Å². The van der Waals surface area contributed by atoms with Gasteiger partial charge in [0.15, 0.2) is 11.5 Å². The van der Waals surface area contributed by atoms with E-state index in [9.17, 15) is 4.79 Å². The first kappa shape index (κ1) is 14.2. The highest BCUT2D eigenvalue weighted by Crippen LogP contribution is 2.32. The van der Waals surface area contributed by atoms with E-state index in [0.717, 1.165) is 23.5 Å². The number of fused-ring (bicyclic) bond motifs is 1. The van der Waals surface area contributed by atoms with Gasteiger partial charge in [0.05, 0.1) is 0 Å². The molecule has 2 atom stereocenters. The minimum absolute atomic E-state index is 0.0170. The van der Waals surface area contributed by atoms with Gasteiger partial charge in [-0.25, -0.2) is 5.43 Å². The van der Waals surface area contributed by atoms with Crippen LogP contribution < -0.4 is 25.6 Å². The second kappa shape index (κ2) is 5.91. The summed E-state index contributed by atoms with van der Waals surface area (Å²) >= 11 is 0. The van der Waals surface area contributed by atoms with Crippen LogP contribution in [0, 0.1) is 5.92 Å². The van der Waals surface area contributed by atoms with E-state index in [-0.39, 0.29) is 18.7 Å². The van der Waals surface area contributed by atoms with Gasteiger partial charge in [-0.1, -0.05) is 19.9 Å². The maximum Gasteiger partial charge on any atom is 0.238 e. The monoisotopic (exact) mass is 291 g/mol. The van der Waals surface area contributed by atoms with Crippen LogP contribution in [0.5, 0.6) is 11.5 Å². The standard InChI is InChI=1S/C15H21N3O3/c1-9(2)11-6-12(18-17-11)15(19)16-7-10-3-4-13-14(5-10)21-8-20-13/h3-5,9,11-12,17-18H,6-8H2,1-2H3,(H,16,19). The van der Waals surface area contributed by atoms with E-state index in [1.165, 1.54) is 0 Å². The van der Waals surface area contributed by atoms with Gasteiger partial charge in [0.25, 0.3) is 0 Å². The van der Waals surface area contributed by atoms with Crippen LogP contribution in [0.1, 0.15) is 25.8 Å². The zero-order chi connectivity index (χ0) is 14.8. The largest absolute Gasteiger partial charge is 0.454 e. The molecule has 1 aromatic carbocycles. The number of amides is 1. The molecule has 1 aromatic rings. The van der Waals surface area contributed by atoms with Crippen molar-refractivity contribution < 1.29 is 14.3 Å². The lowest BCUT2D eigenvalue weighted by atomic mass is 9.99. The first-order valence-electron chi connectivity index (χ1n) is 7.31. The summed E-state index contributed by atoms with van der Waals surface area (Å²) in [5.41, 5.74) is 7.23. The van der Waals surface area contributed by atoms with Crippen molar-refractivity contribution >= 4 is 5.91 Å². The van der Waals surface area contributed by atoms with Gasteiger partial charge in [-0.15, -0.1) is 0 Å². The van der Waals surface area contributed by atoms with E-state index in [1.807, 2.05) is 18.2 Å². The molecule has 2 aliphatic rings. The molecule has 0 spiro atoms. The molecule has 6 heteroatoms. The minimum atomic E-state index is -0.175. The molecule has 1 saturated heterocycles. The van der Waals surface area contributed by atoms with E-state index < -0.39 is 0 Å². The summed E-state index contributed by atoms with van der Waals surface area (Å²) in [6.07, 6.45) is 0.810. The molecule has 0 aromatic heterocycles. The molecule has 1 amide bonds. The number of carbonyl (C=O) groups is 1. The molecule has 0 radical (unpaired) electrons. The molecular weight excluding hydrogens is 270 g/mol. The lowest BCUT2D eigenvalue weighted by molar-refractivity contribution is -0.123. The Morgan fingerprint density at radius 3 is 2.90 bits per heavy atom. The zero-order valence-electron chi connectivity index (χ0n) is 12.3. The molecule has 0 bridgehead atoms. The molecule has 6 nitrogen and oxygen atoms in total. The summed E-state index contributed by atoms with van der Waals surface area (Å²) in [5, 5.41) is 2.95. The predicted molar refractivity (Wildman–Crippen MR) is 77.7 cm³/mol. The number of carbonyl (C=O) groups excluding carboxylic acids is 1. The average Bonchev–Trinajstić information content (AvgIpc) is 3.12. The fourth-order valence-corrected chi connectivity index (χ4v) is 2.55. The lowest BCUT2D eigenvalue weighted by Crippen LogP contribution is -2.43. The predicted octanol–water partition coefficient (Wildman–Crippen LogP) is 0.923. The van der Waals surface area contributed by atoms with E-state index in [1.54, 1.807) is 0 Å². The van der Waals surface area contributed by atoms with E-state index in [0.29, 0.717) is 18.5 Å². The fraction of sp³-hybridized carbons (Fsp3) is 0.533. The Bertz CT molecular complexity index is 533. The van der Waals surface area contributed by atoms with Crippen LogP contribution in [0.25, 0.3) is 0 Å². The van der Waals surface area contributed by atoms with Crippen LogP contribution in [-0.2, 0) is 11.3 Å². The van der Waals surface area contributed by atoms with Crippen LogP contribution >= 0.6 is 0 Å². The van der Waals surface area contributed by atoms with Crippen LogP contribution in [0.2, 0.25) is 0 Å². The Morgan fingerprint density at radius 1 is 1.33 bits per heavy atom. The third-order valence-corrected chi connectivity index (χ3v) is 3.96. The van der Waals surface area contributed by atoms with Gasteiger partial charge in [-0.2, -0.15) is 0 Å². The molecule has 114 valence electrons. The summed E-state index contributed by atoms with van der Waals surface area (Å²) in [4.78, 5) is 12.2. The lowest BCUT2D eigenvalue weighted by Gasteiger charge is -2.13. The Labute approximate surface area is 124 Å². The van der Waals surface area contributed by atoms with Crippen molar-refractivity contribution in [2.24, 2.45) is 5.92 Å². The molecule has 3 rings (SSSR count). The van der Waals surface area contributed by atoms with Gasteiger partial charge < -0.3 is 14.8 Å². The first-order valence-corrected chi connectivity index (χ1v) is 7.31. The molecule has 2 aliphatic heterocycles. The maximum atomic E-state index is 12.2. The van der Waals surface area contributed by atoms with Crippen molar-refractivity contribution in [3.8, 4) is 11.5 Å². The first-order chi connectivity index (χ1) is 10.1. The third-order valence-electron chi connectivity index (χ3n) is 3.96. The quantitative estimate of drug-likeness (QED) is 0.769. The van der Waals surface area contributed by atoms with Crippen molar-refractivity contribution in [2.75, 3.05) is 6.79 Å². The Morgan fingerprint density at radius 2 is 2.14 bits per heavy atom. The van der Waals surface area contributed by atoms with Gasteiger partial charge >= 0.3 is 0 Å². The molecule has 0 saturated carbocycles. The number of nitrogens with one attached hydrogen (secondary N) is 3. The second-order valence-electron chi connectivity index (χ2n) is 5.83. The Kier molecular flexibility index (Phi) is 3.98. The summed E-state index contributed by atoms with van der Waals surface area (Å²) in [5.74, 6) is 2.02. The van der Waals surface area contributed by atoms with E-state index in [2.05, 4.69) is 30.0 Å². The van der Waals surface area contributed by atoms with Crippen LogP contribution in [0.4, 0.5) is 0 Å². The van der Waals surface area contributed by atoms with Crippen LogP contribution in [-0.4, -0.2) is 24.8 Å². The summed E-state index contributed by atoms with van der Waals surface area (Å²) in [7, 11) is 0. The highest BCUT2D eigenvalue weighted by atomic mass is 16.7. The molecule has 3 N–H and O–H groups in total. The number of rotatable bonds is 4. The molecule has 0 aliphatic carbocycles. The van der Waals surface area contributed by atoms with Crippen molar-refractivity contribution in [2.45, 2.75) is 38.9 Å². The van der Waals surface area contributed by atoms with Gasteiger partial charge in [-0.3, -0.25) is 10.2 Å². The normalized spacial score (nSPS) is 23.6. The molecule has 2 unspecified atom stereocenters. The highest BCUT2D eigenvalue weighted by molar-refractivity contribution is 5.82. The van der Waals surface area contributed by atoms with Crippen molar-refractivity contribution in [1.82, 2.24) is 16.2 Å². The molecule has 2 heterocycles.